The Kier molecular flexibility index (Phi) is 4.20. The minimum Gasteiger partial charge on any atom is -0.494 e. The molecule has 5 rings (SSSR count). The average Bonchev–Trinajstić information content (AvgIpc) is 3.34. The lowest BCUT2D eigenvalue weighted by Gasteiger charge is -2.10. The second kappa shape index (κ2) is 6.91. The predicted molar refractivity (Wildman–Crippen MR) is 107 cm³/mol. The molecule has 0 saturated carbocycles. The summed E-state index contributed by atoms with van der Waals surface area (Å²) in [4.78, 5) is 20.5. The number of nitrogens with one attached hydrogen (secondary N) is 1. The third kappa shape index (κ3) is 2.80. The number of hydrogen-bond acceptors (Lipinski definition) is 5. The number of hydrogen-bond donors (Lipinski definition) is 1. The highest BCUT2D eigenvalue weighted by Gasteiger charge is 2.21. The van der Waals surface area contributed by atoms with Gasteiger partial charge in [0.05, 0.1) is 19.0 Å². The number of rotatable bonds is 4. The number of nitrogens with zero attached hydrogens (tertiary/aromatic N) is 3. The van der Waals surface area contributed by atoms with Gasteiger partial charge >= 0.3 is 0 Å². The number of Topliss-reactive ketones (excluding diaryl/α,β-unsaturated/α-hetero) is 1. The Morgan fingerprint density at radius 3 is 2.73 bits per heavy atom. The van der Waals surface area contributed by atoms with Crippen LogP contribution < -0.4 is 10.1 Å². The largest absolute Gasteiger partial charge is 0.494 e. The van der Waals surface area contributed by atoms with Crippen LogP contribution in [-0.2, 0) is 6.42 Å². The number of aromatic nitrogens is 3. The molecule has 0 aliphatic heterocycles. The van der Waals surface area contributed by atoms with Crippen LogP contribution in [0.5, 0.6) is 5.75 Å². The standard InChI is InChI=1S/C22H16F2N4O2/c1-30-18-7-5-15(19(23)20(18)24)16-11-26-22-21(25-8-9-28(16)22)27-13-3-4-14-12(10-13)2-6-17(14)29/h3-5,7-11H,2,6H2,1H3,(H,25,27). The van der Waals surface area contributed by atoms with Gasteiger partial charge in [-0.15, -0.1) is 0 Å². The molecule has 0 amide bonds. The molecule has 1 aliphatic carbocycles. The van der Waals surface area contributed by atoms with E-state index in [9.17, 15) is 13.6 Å². The molecule has 30 heavy (non-hydrogen) atoms. The van der Waals surface area contributed by atoms with E-state index < -0.39 is 11.6 Å². The number of methoxy groups -OCH3 is 1. The molecule has 0 fully saturated rings. The van der Waals surface area contributed by atoms with Gasteiger partial charge in [-0.2, -0.15) is 4.39 Å². The van der Waals surface area contributed by atoms with Crippen molar-refractivity contribution in [2.24, 2.45) is 0 Å². The Balaban J connectivity index is 1.55. The predicted octanol–water partition coefficient (Wildman–Crippen LogP) is 4.56. The van der Waals surface area contributed by atoms with E-state index in [1.807, 2.05) is 12.1 Å². The fraction of sp³-hybridized carbons (Fsp3) is 0.136. The van der Waals surface area contributed by atoms with Crippen LogP contribution in [0.25, 0.3) is 16.9 Å². The van der Waals surface area contributed by atoms with Gasteiger partial charge in [0, 0.05) is 35.6 Å². The molecule has 8 heteroatoms. The third-order valence-electron chi connectivity index (χ3n) is 5.26. The topological polar surface area (TPSA) is 68.5 Å². The molecule has 2 aromatic heterocycles. The molecule has 2 heterocycles. The van der Waals surface area contributed by atoms with Crippen LogP contribution in [0, 0.1) is 11.6 Å². The van der Waals surface area contributed by atoms with Gasteiger partial charge in [0.25, 0.3) is 0 Å². The van der Waals surface area contributed by atoms with Crippen molar-refractivity contribution in [2.45, 2.75) is 12.8 Å². The second-order valence-electron chi connectivity index (χ2n) is 6.98. The van der Waals surface area contributed by atoms with Gasteiger partial charge < -0.3 is 10.1 Å². The van der Waals surface area contributed by atoms with Gasteiger partial charge in [-0.1, -0.05) is 0 Å². The number of carbonyl (C=O) groups is 1. The zero-order valence-corrected chi connectivity index (χ0v) is 15.9. The smallest absolute Gasteiger partial charge is 0.201 e. The average molecular weight is 406 g/mol. The summed E-state index contributed by atoms with van der Waals surface area (Å²) in [7, 11) is 1.28. The van der Waals surface area contributed by atoms with Crippen LogP contribution in [0.2, 0.25) is 0 Å². The quantitative estimate of drug-likeness (QED) is 0.538. The van der Waals surface area contributed by atoms with Crippen LogP contribution in [0.4, 0.5) is 20.3 Å². The van der Waals surface area contributed by atoms with Crippen molar-refractivity contribution < 1.29 is 18.3 Å². The number of aryl methyl sites for hydroxylation is 1. The molecule has 150 valence electrons. The first kappa shape index (κ1) is 18.2. The van der Waals surface area contributed by atoms with E-state index >= 15 is 0 Å². The number of benzene rings is 2. The minimum atomic E-state index is -1.05. The van der Waals surface area contributed by atoms with E-state index in [0.717, 1.165) is 23.2 Å². The lowest BCUT2D eigenvalue weighted by atomic mass is 10.1. The van der Waals surface area contributed by atoms with Gasteiger partial charge in [0.15, 0.2) is 28.8 Å². The first-order chi connectivity index (χ1) is 14.6. The molecule has 0 unspecified atom stereocenters. The van der Waals surface area contributed by atoms with E-state index in [2.05, 4.69) is 15.3 Å². The summed E-state index contributed by atoms with van der Waals surface area (Å²) in [6, 6.07) is 8.37. The first-order valence-corrected chi connectivity index (χ1v) is 9.34. The van der Waals surface area contributed by atoms with Crippen molar-refractivity contribution in [3.05, 3.63) is 71.7 Å². The third-order valence-corrected chi connectivity index (χ3v) is 5.26. The van der Waals surface area contributed by atoms with E-state index in [0.29, 0.717) is 23.6 Å². The monoisotopic (exact) mass is 406 g/mol. The van der Waals surface area contributed by atoms with Crippen molar-refractivity contribution in [3.63, 3.8) is 0 Å². The van der Waals surface area contributed by atoms with E-state index in [1.165, 1.54) is 25.4 Å². The van der Waals surface area contributed by atoms with Crippen LogP contribution in [0.15, 0.2) is 48.9 Å². The van der Waals surface area contributed by atoms with Crippen molar-refractivity contribution in [3.8, 4) is 17.0 Å². The van der Waals surface area contributed by atoms with Gasteiger partial charge in [-0.3, -0.25) is 9.20 Å². The molecule has 6 nitrogen and oxygen atoms in total. The molecular weight excluding hydrogens is 390 g/mol. The number of imidazole rings is 1. The molecule has 2 aromatic carbocycles. The SMILES string of the molecule is COc1ccc(-c2cnc3c(Nc4ccc5c(c4)CCC5=O)nccn23)c(F)c1F. The van der Waals surface area contributed by atoms with Gasteiger partial charge in [-0.25, -0.2) is 14.4 Å². The Labute approximate surface area is 170 Å². The minimum absolute atomic E-state index is 0.0639. The summed E-state index contributed by atoms with van der Waals surface area (Å²) in [5.74, 6) is -1.61. The molecular formula is C22H16F2N4O2. The van der Waals surface area contributed by atoms with Crippen molar-refractivity contribution in [1.82, 2.24) is 14.4 Å². The van der Waals surface area contributed by atoms with Crippen molar-refractivity contribution in [2.75, 3.05) is 12.4 Å². The molecule has 4 aromatic rings. The Morgan fingerprint density at radius 2 is 1.90 bits per heavy atom. The fourth-order valence-corrected chi connectivity index (χ4v) is 3.76. The summed E-state index contributed by atoms with van der Waals surface area (Å²) in [6.45, 7) is 0. The summed E-state index contributed by atoms with van der Waals surface area (Å²) in [5.41, 5.74) is 3.43. The fourth-order valence-electron chi connectivity index (χ4n) is 3.76. The number of halogens is 2. The zero-order valence-electron chi connectivity index (χ0n) is 15.9. The summed E-state index contributed by atoms with van der Waals surface area (Å²) >= 11 is 0. The number of ketones is 1. The summed E-state index contributed by atoms with van der Waals surface area (Å²) < 4.78 is 35.2. The lowest BCUT2D eigenvalue weighted by molar-refractivity contribution is 0.0994. The highest BCUT2D eigenvalue weighted by molar-refractivity contribution is 6.00. The Bertz CT molecular complexity index is 1320. The number of anilines is 2. The molecule has 0 spiro atoms. The van der Waals surface area contributed by atoms with Crippen LogP contribution in [0.1, 0.15) is 22.3 Å². The Morgan fingerprint density at radius 1 is 1.07 bits per heavy atom. The number of carbonyl (C=O) groups excluding carboxylic acids is 1. The molecule has 0 atom stereocenters. The summed E-state index contributed by atoms with van der Waals surface area (Å²) in [6.07, 6.45) is 5.90. The number of ether oxygens (including phenoxy) is 1. The van der Waals surface area contributed by atoms with E-state index in [-0.39, 0.29) is 17.1 Å². The van der Waals surface area contributed by atoms with Crippen molar-refractivity contribution >= 4 is 22.9 Å². The molecule has 0 radical (unpaired) electrons. The summed E-state index contributed by atoms with van der Waals surface area (Å²) in [5, 5.41) is 3.21. The van der Waals surface area contributed by atoms with Crippen LogP contribution >= 0.6 is 0 Å². The first-order valence-electron chi connectivity index (χ1n) is 9.34. The number of fused-ring (bicyclic) bond motifs is 2. The van der Waals surface area contributed by atoms with Gasteiger partial charge in [0.1, 0.15) is 0 Å². The van der Waals surface area contributed by atoms with Gasteiger partial charge in [0.2, 0.25) is 5.82 Å². The molecule has 1 aliphatic rings. The van der Waals surface area contributed by atoms with E-state index in [1.54, 1.807) is 22.9 Å². The highest BCUT2D eigenvalue weighted by atomic mass is 19.2. The van der Waals surface area contributed by atoms with Crippen molar-refractivity contribution in [1.29, 1.82) is 0 Å². The van der Waals surface area contributed by atoms with Crippen LogP contribution in [-0.4, -0.2) is 27.3 Å². The maximum absolute atomic E-state index is 14.6. The lowest BCUT2D eigenvalue weighted by Crippen LogP contribution is -2.00. The normalized spacial score (nSPS) is 13.0. The Hall–Kier alpha value is -3.81. The van der Waals surface area contributed by atoms with Gasteiger partial charge in [-0.05, 0) is 42.3 Å². The maximum atomic E-state index is 14.6. The molecule has 0 bridgehead atoms. The molecule has 0 saturated heterocycles. The molecule has 1 N–H and O–H groups in total. The zero-order chi connectivity index (χ0) is 20.8. The second-order valence-corrected chi connectivity index (χ2v) is 6.98. The van der Waals surface area contributed by atoms with E-state index in [4.69, 9.17) is 4.74 Å². The van der Waals surface area contributed by atoms with Crippen LogP contribution in [0.3, 0.4) is 0 Å². The maximum Gasteiger partial charge on any atom is 0.201 e. The highest BCUT2D eigenvalue weighted by Crippen LogP contribution is 2.32.